The topological polar surface area (TPSA) is 91.8 Å². The summed E-state index contributed by atoms with van der Waals surface area (Å²) in [6.45, 7) is 1.40. The van der Waals surface area contributed by atoms with Crippen LogP contribution in [0, 0.1) is 0 Å². The van der Waals surface area contributed by atoms with Gasteiger partial charge in [0.2, 0.25) is 0 Å². The molecule has 0 fully saturated rings. The highest BCUT2D eigenvalue weighted by molar-refractivity contribution is 5.59. The average Bonchev–Trinajstić information content (AvgIpc) is 2.76. The van der Waals surface area contributed by atoms with E-state index in [0.29, 0.717) is 19.8 Å². The number of hydrogen-bond acceptors (Lipinski definition) is 8. The molecule has 0 aliphatic carbocycles. The van der Waals surface area contributed by atoms with Crippen LogP contribution in [0.25, 0.3) is 0 Å². The lowest BCUT2D eigenvalue weighted by Crippen LogP contribution is -2.52. The van der Waals surface area contributed by atoms with Crippen molar-refractivity contribution in [1.29, 1.82) is 0 Å². The highest BCUT2D eigenvalue weighted by atomic mass is 16.3. The Morgan fingerprint density at radius 1 is 1.38 bits per heavy atom. The SMILES string of the molecule is NN1C=C2N=CN(N(CCO)CCO)N2C1. The molecule has 0 saturated heterocycles. The third kappa shape index (κ3) is 1.95. The van der Waals surface area contributed by atoms with E-state index in [1.807, 2.05) is 5.01 Å². The van der Waals surface area contributed by atoms with Crippen LogP contribution in [0.3, 0.4) is 0 Å². The summed E-state index contributed by atoms with van der Waals surface area (Å²) in [5, 5.41) is 24.8. The molecule has 0 spiro atoms. The minimum absolute atomic E-state index is 0.0174. The molecule has 90 valence electrons. The number of fused-ring (bicyclic) bond motifs is 1. The summed E-state index contributed by atoms with van der Waals surface area (Å²) in [7, 11) is 0. The fourth-order valence-electron chi connectivity index (χ4n) is 1.70. The smallest absolute Gasteiger partial charge is 0.169 e. The summed E-state index contributed by atoms with van der Waals surface area (Å²) in [5.41, 5.74) is 0. The standard InChI is InChI=1S/C8H16N6O2/c9-11-5-8-10-6-14(13(8)7-11)12(1-3-15)2-4-16/h5-6,15-16H,1-4,7,9H2. The molecule has 0 amide bonds. The number of nitrogens with two attached hydrogens (primary N) is 1. The van der Waals surface area contributed by atoms with E-state index in [-0.39, 0.29) is 13.2 Å². The maximum Gasteiger partial charge on any atom is 0.169 e. The molecule has 0 saturated carbocycles. The highest BCUT2D eigenvalue weighted by Crippen LogP contribution is 2.22. The lowest BCUT2D eigenvalue weighted by molar-refractivity contribution is -0.108. The Labute approximate surface area is 93.4 Å². The van der Waals surface area contributed by atoms with Crippen molar-refractivity contribution in [2.24, 2.45) is 10.8 Å². The van der Waals surface area contributed by atoms with Gasteiger partial charge >= 0.3 is 0 Å². The third-order valence-corrected chi connectivity index (χ3v) is 2.39. The number of hydrazine groups is 3. The van der Waals surface area contributed by atoms with Gasteiger partial charge in [-0.3, -0.25) is 5.01 Å². The number of hydrogen-bond donors (Lipinski definition) is 3. The van der Waals surface area contributed by atoms with E-state index in [0.717, 1.165) is 5.82 Å². The second-order valence-electron chi connectivity index (χ2n) is 3.51. The number of aliphatic hydroxyl groups is 2. The van der Waals surface area contributed by atoms with Crippen molar-refractivity contribution in [2.45, 2.75) is 0 Å². The minimum atomic E-state index is 0.0174. The molecule has 2 aliphatic heterocycles. The Bertz CT molecular complexity index is 301. The van der Waals surface area contributed by atoms with Gasteiger partial charge in [0, 0.05) is 13.1 Å². The van der Waals surface area contributed by atoms with E-state index in [1.165, 1.54) is 5.01 Å². The Hall–Kier alpha value is -1.35. The highest BCUT2D eigenvalue weighted by Gasteiger charge is 2.31. The summed E-state index contributed by atoms with van der Waals surface area (Å²) in [6.07, 6.45) is 3.37. The van der Waals surface area contributed by atoms with Gasteiger partial charge in [0.05, 0.1) is 19.4 Å². The number of aliphatic hydroxyl groups excluding tert-OH is 2. The number of nitrogens with zero attached hydrogens (tertiary/aromatic N) is 5. The molecular formula is C8H16N6O2. The van der Waals surface area contributed by atoms with Crippen molar-refractivity contribution in [3.63, 3.8) is 0 Å². The zero-order chi connectivity index (χ0) is 11.5. The van der Waals surface area contributed by atoms with Crippen LogP contribution in [0.2, 0.25) is 0 Å². The molecule has 0 aromatic carbocycles. The molecule has 0 aromatic heterocycles. The lowest BCUT2D eigenvalue weighted by atomic mass is 10.6. The van der Waals surface area contributed by atoms with E-state index in [4.69, 9.17) is 16.1 Å². The molecule has 8 nitrogen and oxygen atoms in total. The first kappa shape index (κ1) is 11.1. The zero-order valence-corrected chi connectivity index (χ0v) is 8.90. The Morgan fingerprint density at radius 3 is 2.69 bits per heavy atom. The van der Waals surface area contributed by atoms with Gasteiger partial charge in [0.25, 0.3) is 0 Å². The number of rotatable bonds is 5. The third-order valence-electron chi connectivity index (χ3n) is 2.39. The molecule has 2 rings (SSSR count). The second kappa shape index (κ2) is 4.66. The van der Waals surface area contributed by atoms with Crippen LogP contribution in [0.1, 0.15) is 0 Å². The van der Waals surface area contributed by atoms with Crippen LogP contribution in [0.4, 0.5) is 0 Å². The van der Waals surface area contributed by atoms with Crippen molar-refractivity contribution in [3.05, 3.63) is 12.0 Å². The van der Waals surface area contributed by atoms with Crippen LogP contribution in [0.5, 0.6) is 0 Å². The minimum Gasteiger partial charge on any atom is -0.395 e. The maximum absolute atomic E-state index is 8.95. The van der Waals surface area contributed by atoms with Gasteiger partial charge in [0.15, 0.2) is 5.82 Å². The van der Waals surface area contributed by atoms with Crippen molar-refractivity contribution in [1.82, 2.24) is 20.1 Å². The molecule has 0 atom stereocenters. The van der Waals surface area contributed by atoms with Crippen LogP contribution in [-0.4, -0.2) is 69.7 Å². The maximum atomic E-state index is 8.95. The van der Waals surface area contributed by atoms with Crippen LogP contribution >= 0.6 is 0 Å². The Morgan fingerprint density at radius 2 is 2.06 bits per heavy atom. The van der Waals surface area contributed by atoms with E-state index in [1.54, 1.807) is 22.7 Å². The van der Waals surface area contributed by atoms with E-state index >= 15 is 0 Å². The molecule has 4 N–H and O–H groups in total. The fourth-order valence-corrected chi connectivity index (χ4v) is 1.70. The predicted molar refractivity (Wildman–Crippen MR) is 56.9 cm³/mol. The monoisotopic (exact) mass is 228 g/mol. The van der Waals surface area contributed by atoms with Crippen molar-refractivity contribution in [3.8, 4) is 0 Å². The summed E-state index contributed by atoms with van der Waals surface area (Å²) < 4.78 is 0. The van der Waals surface area contributed by atoms with Gasteiger partial charge < -0.3 is 10.2 Å². The van der Waals surface area contributed by atoms with Gasteiger partial charge in [0.1, 0.15) is 13.0 Å². The summed E-state index contributed by atoms with van der Waals surface area (Å²) in [6, 6.07) is 0. The van der Waals surface area contributed by atoms with Gasteiger partial charge in [-0.25, -0.2) is 15.8 Å². The molecule has 8 heteroatoms. The molecule has 0 aromatic rings. The first-order valence-corrected chi connectivity index (χ1v) is 5.07. The second-order valence-corrected chi connectivity index (χ2v) is 3.51. The van der Waals surface area contributed by atoms with Gasteiger partial charge in [-0.15, -0.1) is 0 Å². The van der Waals surface area contributed by atoms with Gasteiger partial charge in [-0.2, -0.15) is 10.1 Å². The summed E-state index contributed by atoms with van der Waals surface area (Å²) in [4.78, 5) is 4.18. The summed E-state index contributed by atoms with van der Waals surface area (Å²) >= 11 is 0. The molecule has 0 bridgehead atoms. The van der Waals surface area contributed by atoms with Crippen LogP contribution in [0.15, 0.2) is 17.0 Å². The van der Waals surface area contributed by atoms with E-state index < -0.39 is 0 Å². The van der Waals surface area contributed by atoms with Crippen molar-refractivity contribution >= 4 is 6.34 Å². The summed E-state index contributed by atoms with van der Waals surface area (Å²) in [5.74, 6) is 6.39. The quantitative estimate of drug-likeness (QED) is 0.455. The number of aliphatic imine (C=N–C) groups is 1. The zero-order valence-electron chi connectivity index (χ0n) is 8.90. The normalized spacial score (nSPS) is 18.8. The van der Waals surface area contributed by atoms with Gasteiger partial charge in [-0.1, -0.05) is 0 Å². The van der Waals surface area contributed by atoms with Crippen molar-refractivity contribution < 1.29 is 10.2 Å². The largest absolute Gasteiger partial charge is 0.395 e. The first-order valence-electron chi connectivity index (χ1n) is 5.07. The van der Waals surface area contributed by atoms with Crippen molar-refractivity contribution in [2.75, 3.05) is 33.0 Å². The molecule has 0 radical (unpaired) electrons. The molecule has 2 heterocycles. The van der Waals surface area contributed by atoms with Gasteiger partial charge in [-0.05, 0) is 0 Å². The first-order chi connectivity index (χ1) is 7.76. The van der Waals surface area contributed by atoms with E-state index in [9.17, 15) is 0 Å². The molecular weight excluding hydrogens is 212 g/mol. The van der Waals surface area contributed by atoms with Crippen LogP contribution in [-0.2, 0) is 0 Å². The molecule has 16 heavy (non-hydrogen) atoms. The molecule has 0 unspecified atom stereocenters. The predicted octanol–water partition coefficient (Wildman–Crippen LogP) is -2.31. The molecule has 2 aliphatic rings. The van der Waals surface area contributed by atoms with Crippen LogP contribution < -0.4 is 5.84 Å². The van der Waals surface area contributed by atoms with E-state index in [2.05, 4.69) is 4.99 Å². The Balaban J connectivity index is 2.04. The fraction of sp³-hybridized carbons (Fsp3) is 0.625. The Kier molecular flexibility index (Phi) is 3.25. The lowest BCUT2D eigenvalue weighted by Gasteiger charge is -2.36. The average molecular weight is 228 g/mol.